The van der Waals surface area contributed by atoms with Crippen LogP contribution in [0.5, 0.6) is 34.5 Å². The van der Waals surface area contributed by atoms with Crippen LogP contribution >= 0.6 is 23.2 Å². The second-order valence-electron chi connectivity index (χ2n) is 6.42. The highest BCUT2D eigenvalue weighted by molar-refractivity contribution is 6.37. The summed E-state index contributed by atoms with van der Waals surface area (Å²) in [5.74, 6) is 0.397. The van der Waals surface area contributed by atoms with E-state index in [1.54, 1.807) is 24.3 Å². The highest BCUT2D eigenvalue weighted by Gasteiger charge is 2.21. The number of hydrogen-bond donors (Lipinski definition) is 3. The minimum atomic E-state index is -0.958. The van der Waals surface area contributed by atoms with E-state index in [1.807, 2.05) is 6.07 Å². The number of ether oxygens (including phenoxy) is 2. The van der Waals surface area contributed by atoms with Crippen molar-refractivity contribution >= 4 is 34.6 Å². The largest absolute Gasteiger partial charge is 0.504 e. The fraction of sp³-hybridized carbons (Fsp3) is 0. The molecule has 0 unspecified atom stereocenters. The van der Waals surface area contributed by atoms with Gasteiger partial charge in [-0.2, -0.15) is 0 Å². The van der Waals surface area contributed by atoms with Crippen LogP contribution < -0.4 is 25.6 Å². The number of nitrogens with one attached hydrogen (secondary N) is 1. The van der Waals surface area contributed by atoms with E-state index in [2.05, 4.69) is 5.32 Å². The van der Waals surface area contributed by atoms with E-state index in [0.717, 1.165) is 0 Å². The molecule has 0 aliphatic rings. The van der Waals surface area contributed by atoms with Crippen LogP contribution in [0.15, 0.2) is 70.3 Å². The fourth-order valence-electron chi connectivity index (χ4n) is 2.74. The van der Waals surface area contributed by atoms with Crippen molar-refractivity contribution in [1.29, 1.82) is 0 Å². The van der Waals surface area contributed by atoms with Crippen molar-refractivity contribution in [2.45, 2.75) is 0 Å². The standard InChI is InChI=1S/C22H13Cl2NO6/c23-14-8-11(25-18-19(27)21(29)20(18)28)9-15(24)22(14)31-13-6-7-16(26)17(10-13)30-12-4-2-1-3-5-12/h1-10,25-27H. The van der Waals surface area contributed by atoms with Gasteiger partial charge >= 0.3 is 0 Å². The van der Waals surface area contributed by atoms with Gasteiger partial charge in [0.1, 0.15) is 17.2 Å². The summed E-state index contributed by atoms with van der Waals surface area (Å²) < 4.78 is 11.4. The van der Waals surface area contributed by atoms with Crippen LogP contribution in [0.25, 0.3) is 0 Å². The van der Waals surface area contributed by atoms with Crippen LogP contribution in [0.1, 0.15) is 0 Å². The predicted molar refractivity (Wildman–Crippen MR) is 117 cm³/mol. The van der Waals surface area contributed by atoms with E-state index < -0.39 is 16.6 Å². The molecule has 4 aromatic rings. The van der Waals surface area contributed by atoms with Gasteiger partial charge in [0.25, 0.3) is 10.9 Å². The number of hydrogen-bond acceptors (Lipinski definition) is 7. The zero-order valence-electron chi connectivity index (χ0n) is 15.6. The van der Waals surface area contributed by atoms with Gasteiger partial charge in [-0.05, 0) is 36.4 Å². The molecule has 0 aromatic heterocycles. The zero-order valence-corrected chi connectivity index (χ0v) is 17.1. The molecule has 0 heterocycles. The minimum absolute atomic E-state index is 0.0826. The number of rotatable bonds is 6. The maximum Gasteiger partial charge on any atom is 0.271 e. The molecule has 0 saturated heterocycles. The van der Waals surface area contributed by atoms with Crippen molar-refractivity contribution in [3.8, 4) is 34.5 Å². The van der Waals surface area contributed by atoms with Crippen LogP contribution in [0.2, 0.25) is 10.0 Å². The molecule has 0 saturated carbocycles. The summed E-state index contributed by atoms with van der Waals surface area (Å²) in [7, 11) is 0. The van der Waals surface area contributed by atoms with E-state index in [0.29, 0.717) is 11.5 Å². The summed E-state index contributed by atoms with van der Waals surface area (Å²) in [6.45, 7) is 0. The molecule has 4 aromatic carbocycles. The molecular weight excluding hydrogens is 445 g/mol. The normalized spacial score (nSPS) is 10.8. The molecular formula is C22H13Cl2NO6. The van der Waals surface area contributed by atoms with Crippen molar-refractivity contribution in [2.24, 2.45) is 0 Å². The molecule has 4 rings (SSSR count). The van der Waals surface area contributed by atoms with Crippen LogP contribution in [-0.2, 0) is 0 Å². The van der Waals surface area contributed by atoms with Gasteiger partial charge in [-0.15, -0.1) is 0 Å². The summed E-state index contributed by atoms with van der Waals surface area (Å²) >= 11 is 12.5. The smallest absolute Gasteiger partial charge is 0.271 e. The van der Waals surface area contributed by atoms with Crippen LogP contribution in [-0.4, -0.2) is 10.2 Å². The van der Waals surface area contributed by atoms with Gasteiger partial charge in [-0.1, -0.05) is 41.4 Å². The van der Waals surface area contributed by atoms with Crippen molar-refractivity contribution in [2.75, 3.05) is 5.32 Å². The van der Waals surface area contributed by atoms with E-state index >= 15 is 0 Å². The molecule has 0 amide bonds. The van der Waals surface area contributed by atoms with Crippen LogP contribution in [0.3, 0.4) is 0 Å². The van der Waals surface area contributed by atoms with Gasteiger partial charge < -0.3 is 25.0 Å². The lowest BCUT2D eigenvalue weighted by atomic mass is 10.2. The molecule has 0 bridgehead atoms. The molecule has 0 atom stereocenters. The molecule has 0 radical (unpaired) electrons. The monoisotopic (exact) mass is 457 g/mol. The summed E-state index contributed by atoms with van der Waals surface area (Å²) in [6, 6.07) is 16.1. The molecule has 9 heteroatoms. The van der Waals surface area contributed by atoms with Gasteiger partial charge in [-0.25, -0.2) is 0 Å². The lowest BCUT2D eigenvalue weighted by Crippen LogP contribution is -2.32. The highest BCUT2D eigenvalue weighted by Crippen LogP contribution is 2.42. The van der Waals surface area contributed by atoms with Crippen molar-refractivity contribution in [3.05, 3.63) is 91.2 Å². The number of para-hydroxylation sites is 1. The third-order valence-corrected chi connectivity index (χ3v) is 4.84. The lowest BCUT2D eigenvalue weighted by molar-refractivity contribution is 0.405. The third kappa shape index (κ3) is 4.14. The first kappa shape index (κ1) is 20.6. The Balaban J connectivity index is 1.57. The van der Waals surface area contributed by atoms with Crippen molar-refractivity contribution in [3.63, 3.8) is 0 Å². The predicted octanol–water partition coefficient (Wildman–Crippen LogP) is 5.33. The Morgan fingerprint density at radius 2 is 1.45 bits per heavy atom. The second kappa shape index (κ2) is 8.22. The molecule has 0 aliphatic carbocycles. The molecule has 0 fully saturated rings. The van der Waals surface area contributed by atoms with Crippen molar-refractivity contribution < 1.29 is 19.7 Å². The number of aromatic hydroxyl groups is 2. The topological polar surface area (TPSA) is 105 Å². The summed E-state index contributed by atoms with van der Waals surface area (Å²) in [4.78, 5) is 22.6. The van der Waals surface area contributed by atoms with E-state index in [1.165, 1.54) is 30.3 Å². The number of phenols is 1. The number of anilines is 2. The molecule has 3 N–H and O–H groups in total. The van der Waals surface area contributed by atoms with Crippen molar-refractivity contribution in [1.82, 2.24) is 0 Å². The third-order valence-electron chi connectivity index (χ3n) is 4.27. The Hall–Kier alpha value is -3.68. The lowest BCUT2D eigenvalue weighted by Gasteiger charge is -2.15. The Morgan fingerprint density at radius 3 is 2.10 bits per heavy atom. The van der Waals surface area contributed by atoms with Gasteiger partial charge in [0.2, 0.25) is 0 Å². The molecule has 0 aliphatic heterocycles. The highest BCUT2D eigenvalue weighted by atomic mass is 35.5. The van der Waals surface area contributed by atoms with Crippen LogP contribution in [0, 0.1) is 0 Å². The first-order valence-corrected chi connectivity index (χ1v) is 9.61. The number of benzene rings is 3. The van der Waals surface area contributed by atoms with Gasteiger partial charge in [0, 0.05) is 11.8 Å². The van der Waals surface area contributed by atoms with E-state index in [4.69, 9.17) is 32.7 Å². The quantitative estimate of drug-likeness (QED) is 0.336. The Morgan fingerprint density at radius 1 is 0.774 bits per heavy atom. The van der Waals surface area contributed by atoms with Crippen LogP contribution in [0.4, 0.5) is 11.4 Å². The van der Waals surface area contributed by atoms with Gasteiger partial charge in [0.15, 0.2) is 23.0 Å². The zero-order chi connectivity index (χ0) is 22.1. The van der Waals surface area contributed by atoms with E-state index in [-0.39, 0.29) is 38.7 Å². The van der Waals surface area contributed by atoms with Gasteiger partial charge in [0.05, 0.1) is 10.0 Å². The average molecular weight is 458 g/mol. The minimum Gasteiger partial charge on any atom is -0.504 e. The second-order valence-corrected chi connectivity index (χ2v) is 7.24. The Labute approximate surface area is 185 Å². The maximum atomic E-state index is 11.5. The summed E-state index contributed by atoms with van der Waals surface area (Å²) in [5, 5.41) is 22.4. The molecule has 0 spiro atoms. The van der Waals surface area contributed by atoms with E-state index in [9.17, 15) is 19.8 Å². The average Bonchev–Trinajstić information content (AvgIpc) is 2.76. The summed E-state index contributed by atoms with van der Waals surface area (Å²) in [5.41, 5.74) is -1.74. The first-order valence-electron chi connectivity index (χ1n) is 8.85. The maximum absolute atomic E-state index is 11.5. The number of phenolic OH excluding ortho intramolecular Hbond substituents is 1. The molecule has 156 valence electrons. The number of halogens is 2. The molecule has 31 heavy (non-hydrogen) atoms. The Bertz CT molecular complexity index is 1320. The summed E-state index contributed by atoms with van der Waals surface area (Å²) in [6.07, 6.45) is 0. The SMILES string of the molecule is O=c1c(O)c(Nc2cc(Cl)c(Oc3ccc(O)c(Oc4ccccc4)c3)c(Cl)c2)c1=O. The Kier molecular flexibility index (Phi) is 5.46. The first-order chi connectivity index (χ1) is 14.8. The van der Waals surface area contributed by atoms with Gasteiger partial charge in [-0.3, -0.25) is 9.59 Å². The fourth-order valence-corrected chi connectivity index (χ4v) is 3.31. The molecule has 7 nitrogen and oxygen atoms in total.